The quantitative estimate of drug-likeness (QED) is 0.796. The van der Waals surface area contributed by atoms with Crippen LogP contribution in [0.1, 0.15) is 39.5 Å². The Labute approximate surface area is 153 Å². The zero-order chi connectivity index (χ0) is 17.9. The molecule has 1 heterocycles. The maximum atomic E-state index is 13.1. The van der Waals surface area contributed by atoms with E-state index in [-0.39, 0.29) is 11.2 Å². The number of nitrogens with zero attached hydrogens (tertiary/aromatic N) is 1. The molecular formula is C21H27NO2S. The van der Waals surface area contributed by atoms with Gasteiger partial charge in [-0.1, -0.05) is 44.9 Å². The molecule has 3 nitrogen and oxygen atoms in total. The average molecular weight is 358 g/mol. The monoisotopic (exact) mass is 357 g/mol. The number of benzene rings is 2. The third-order valence-corrected chi connectivity index (χ3v) is 6.98. The minimum Gasteiger partial charge on any atom is -0.508 e. The lowest BCUT2D eigenvalue weighted by Crippen LogP contribution is -2.37. The van der Waals surface area contributed by atoms with Crippen molar-refractivity contribution >= 4 is 22.2 Å². The summed E-state index contributed by atoms with van der Waals surface area (Å²) in [4.78, 5) is 3.04. The third-order valence-electron chi connectivity index (χ3n) is 5.29. The standard InChI is InChI=1S/C21H27NO2S/c1-3-5-13-21(4-2)15-22(17-9-7-6-8-10-17)19-12-11-18(23)14-20(19)25(24)16-21/h6-12,14,23H,3-5,13,15-16H2,1-2H3. The lowest BCUT2D eigenvalue weighted by Gasteiger charge is -2.36. The van der Waals surface area contributed by atoms with E-state index in [0.29, 0.717) is 5.75 Å². The molecule has 0 amide bonds. The molecule has 0 bridgehead atoms. The van der Waals surface area contributed by atoms with Crippen LogP contribution in [-0.2, 0) is 10.8 Å². The summed E-state index contributed by atoms with van der Waals surface area (Å²) < 4.78 is 13.1. The van der Waals surface area contributed by atoms with Crippen molar-refractivity contribution in [1.29, 1.82) is 0 Å². The van der Waals surface area contributed by atoms with E-state index in [1.165, 1.54) is 0 Å². The molecule has 25 heavy (non-hydrogen) atoms. The van der Waals surface area contributed by atoms with Gasteiger partial charge in [0.1, 0.15) is 5.75 Å². The molecule has 0 spiro atoms. The highest BCUT2D eigenvalue weighted by Crippen LogP contribution is 2.43. The van der Waals surface area contributed by atoms with Crippen LogP contribution in [0.3, 0.4) is 0 Å². The van der Waals surface area contributed by atoms with Gasteiger partial charge in [0.2, 0.25) is 0 Å². The van der Waals surface area contributed by atoms with Crippen molar-refractivity contribution in [2.45, 2.75) is 44.4 Å². The van der Waals surface area contributed by atoms with Gasteiger partial charge < -0.3 is 10.0 Å². The molecule has 1 N–H and O–H groups in total. The van der Waals surface area contributed by atoms with Crippen LogP contribution in [-0.4, -0.2) is 21.6 Å². The Morgan fingerprint density at radius 1 is 1.16 bits per heavy atom. The summed E-state index contributed by atoms with van der Waals surface area (Å²) in [5, 5.41) is 9.93. The second kappa shape index (κ2) is 7.61. The molecule has 0 saturated carbocycles. The van der Waals surface area contributed by atoms with Crippen LogP contribution >= 0.6 is 0 Å². The first kappa shape index (κ1) is 18.0. The summed E-state index contributed by atoms with van der Waals surface area (Å²) in [5.74, 6) is 0.834. The second-order valence-electron chi connectivity index (χ2n) is 7.02. The van der Waals surface area contributed by atoms with E-state index in [9.17, 15) is 9.32 Å². The van der Waals surface area contributed by atoms with Gasteiger partial charge in [0.05, 0.1) is 21.4 Å². The highest BCUT2D eigenvalue weighted by Gasteiger charge is 2.37. The third kappa shape index (κ3) is 3.74. The number of phenols is 1. The van der Waals surface area contributed by atoms with E-state index < -0.39 is 10.8 Å². The Morgan fingerprint density at radius 2 is 1.92 bits per heavy atom. The van der Waals surface area contributed by atoms with Crippen molar-refractivity contribution in [3.63, 3.8) is 0 Å². The van der Waals surface area contributed by atoms with Gasteiger partial charge >= 0.3 is 0 Å². The van der Waals surface area contributed by atoms with E-state index >= 15 is 0 Å². The van der Waals surface area contributed by atoms with Gasteiger partial charge in [0.15, 0.2) is 0 Å². The number of hydrogen-bond acceptors (Lipinski definition) is 3. The number of aromatic hydroxyl groups is 1. The number of rotatable bonds is 5. The molecule has 2 unspecified atom stereocenters. The summed E-state index contributed by atoms with van der Waals surface area (Å²) in [6, 6.07) is 15.6. The van der Waals surface area contributed by atoms with Gasteiger partial charge in [0.25, 0.3) is 0 Å². The second-order valence-corrected chi connectivity index (χ2v) is 8.44. The Kier molecular flexibility index (Phi) is 5.48. The molecule has 134 valence electrons. The van der Waals surface area contributed by atoms with E-state index in [4.69, 9.17) is 0 Å². The number of fused-ring (bicyclic) bond motifs is 1. The van der Waals surface area contributed by atoms with Crippen molar-refractivity contribution in [3.05, 3.63) is 48.5 Å². The lowest BCUT2D eigenvalue weighted by atomic mass is 9.81. The van der Waals surface area contributed by atoms with Crippen molar-refractivity contribution in [1.82, 2.24) is 0 Å². The van der Waals surface area contributed by atoms with Crippen molar-refractivity contribution in [2.75, 3.05) is 17.2 Å². The minimum absolute atomic E-state index is 0.0192. The van der Waals surface area contributed by atoms with Crippen LogP contribution < -0.4 is 4.90 Å². The Hall–Kier alpha value is -1.81. The molecule has 1 aliphatic rings. The number of unbranched alkanes of at least 4 members (excludes halogenated alkanes) is 1. The Bertz CT molecular complexity index is 747. The van der Waals surface area contributed by atoms with Gasteiger partial charge in [0, 0.05) is 18.0 Å². The molecule has 4 heteroatoms. The summed E-state index contributed by atoms with van der Waals surface area (Å²) in [5.41, 5.74) is 2.09. The minimum atomic E-state index is -1.11. The van der Waals surface area contributed by atoms with Gasteiger partial charge in [-0.15, -0.1) is 0 Å². The number of hydrogen-bond donors (Lipinski definition) is 1. The van der Waals surface area contributed by atoms with Crippen LogP contribution in [0.4, 0.5) is 11.4 Å². The summed E-state index contributed by atoms with van der Waals surface area (Å²) in [6.07, 6.45) is 4.37. The first-order chi connectivity index (χ1) is 12.1. The molecule has 1 aliphatic heterocycles. The normalized spacial score (nSPS) is 23.1. The Morgan fingerprint density at radius 3 is 2.60 bits per heavy atom. The molecule has 0 saturated heterocycles. The largest absolute Gasteiger partial charge is 0.508 e. The summed E-state index contributed by atoms with van der Waals surface area (Å²) in [6.45, 7) is 5.28. The molecular weight excluding hydrogens is 330 g/mol. The van der Waals surface area contributed by atoms with E-state index in [2.05, 4.69) is 30.9 Å². The fourth-order valence-electron chi connectivity index (χ4n) is 3.66. The van der Waals surface area contributed by atoms with Crippen LogP contribution in [0, 0.1) is 5.41 Å². The highest BCUT2D eigenvalue weighted by molar-refractivity contribution is 7.85. The molecule has 2 aromatic rings. The first-order valence-electron chi connectivity index (χ1n) is 9.12. The average Bonchev–Trinajstić information content (AvgIpc) is 2.76. The lowest BCUT2D eigenvalue weighted by molar-refractivity contribution is 0.293. The topological polar surface area (TPSA) is 40.5 Å². The van der Waals surface area contributed by atoms with Crippen LogP contribution in [0.2, 0.25) is 0 Å². The van der Waals surface area contributed by atoms with Gasteiger partial charge in [-0.25, -0.2) is 0 Å². The van der Waals surface area contributed by atoms with E-state index in [0.717, 1.165) is 48.5 Å². The SMILES string of the molecule is CCCCC1(CC)CN(c2ccccc2)c2ccc(O)cc2S(=O)C1. The van der Waals surface area contributed by atoms with Gasteiger partial charge in [-0.05, 0) is 48.6 Å². The smallest absolute Gasteiger partial charge is 0.116 e. The zero-order valence-electron chi connectivity index (χ0n) is 15.1. The fourth-order valence-corrected chi connectivity index (χ4v) is 5.48. The van der Waals surface area contributed by atoms with Crippen molar-refractivity contribution in [3.8, 4) is 5.75 Å². The van der Waals surface area contributed by atoms with Crippen LogP contribution in [0.15, 0.2) is 53.4 Å². The number of para-hydroxylation sites is 1. The predicted molar refractivity (Wildman–Crippen MR) is 105 cm³/mol. The fraction of sp³-hybridized carbons (Fsp3) is 0.429. The van der Waals surface area contributed by atoms with Crippen LogP contribution in [0.5, 0.6) is 5.75 Å². The summed E-state index contributed by atoms with van der Waals surface area (Å²) in [7, 11) is -1.11. The van der Waals surface area contributed by atoms with Gasteiger partial charge in [-0.3, -0.25) is 4.21 Å². The molecule has 2 aromatic carbocycles. The maximum absolute atomic E-state index is 13.1. The van der Waals surface area contributed by atoms with Crippen molar-refractivity contribution in [2.24, 2.45) is 5.41 Å². The number of phenolic OH excluding ortho intramolecular Hbond substituents is 1. The molecule has 0 radical (unpaired) electrons. The molecule has 0 aromatic heterocycles. The zero-order valence-corrected chi connectivity index (χ0v) is 15.9. The van der Waals surface area contributed by atoms with E-state index in [1.54, 1.807) is 12.1 Å². The number of anilines is 2. The molecule has 2 atom stereocenters. The maximum Gasteiger partial charge on any atom is 0.116 e. The molecule has 0 aliphatic carbocycles. The van der Waals surface area contributed by atoms with Gasteiger partial charge in [-0.2, -0.15) is 0 Å². The van der Waals surface area contributed by atoms with Crippen molar-refractivity contribution < 1.29 is 9.32 Å². The van der Waals surface area contributed by atoms with Crippen LogP contribution in [0.25, 0.3) is 0 Å². The predicted octanol–water partition coefficient (Wildman–Crippen LogP) is 5.24. The first-order valence-corrected chi connectivity index (χ1v) is 10.4. The molecule has 3 rings (SSSR count). The van der Waals surface area contributed by atoms with E-state index in [1.807, 2.05) is 24.3 Å². The summed E-state index contributed by atoms with van der Waals surface area (Å²) >= 11 is 0. The highest BCUT2D eigenvalue weighted by atomic mass is 32.2. The Balaban J connectivity index is 2.12. The molecule has 0 fully saturated rings.